The lowest BCUT2D eigenvalue weighted by atomic mass is 9.83. The number of likely N-dealkylation sites (tertiary alicyclic amines) is 1. The smallest absolute Gasteiger partial charge is 0.251 e. The molecule has 4 aromatic rings. The highest BCUT2D eigenvalue weighted by atomic mass is 19.1. The quantitative estimate of drug-likeness (QED) is 0.284. The van der Waals surface area contributed by atoms with E-state index in [1.165, 1.54) is 37.0 Å². The molecule has 0 bridgehead atoms. The Balaban J connectivity index is 0.00000308. The molecule has 1 saturated heterocycles. The number of hydrogen-bond donors (Lipinski definition) is 1. The van der Waals surface area contributed by atoms with E-state index in [4.69, 9.17) is 4.42 Å². The third-order valence-electron chi connectivity index (χ3n) is 8.66. The van der Waals surface area contributed by atoms with Crippen molar-refractivity contribution in [2.24, 2.45) is 5.92 Å². The second kappa shape index (κ2) is 11.2. The van der Waals surface area contributed by atoms with Gasteiger partial charge in [-0.1, -0.05) is 0 Å². The van der Waals surface area contributed by atoms with E-state index < -0.39 is 0 Å². The Morgan fingerprint density at radius 3 is 2.45 bits per heavy atom. The molecule has 1 amide bonds. The van der Waals surface area contributed by atoms with Gasteiger partial charge in [0.2, 0.25) is 0 Å². The summed E-state index contributed by atoms with van der Waals surface area (Å²) in [5, 5.41) is 4.32. The number of nitrogens with one attached hydrogen (secondary N) is 1. The van der Waals surface area contributed by atoms with Gasteiger partial charge in [-0.2, -0.15) is 0 Å². The molecule has 1 N–H and O–H groups in total. The van der Waals surface area contributed by atoms with E-state index in [0.717, 1.165) is 67.9 Å². The molecule has 0 spiro atoms. The first-order chi connectivity index (χ1) is 18.6. The van der Waals surface area contributed by atoms with Gasteiger partial charge in [0.15, 0.2) is 0 Å². The molecule has 2 aromatic heterocycles. The monoisotopic (exact) mass is 515 g/mol. The highest BCUT2D eigenvalue weighted by Crippen LogP contribution is 2.35. The number of amides is 1. The Labute approximate surface area is 225 Å². The summed E-state index contributed by atoms with van der Waals surface area (Å²) in [7, 11) is 0. The van der Waals surface area contributed by atoms with Crippen molar-refractivity contribution in [3.63, 3.8) is 0 Å². The number of fused-ring (bicyclic) bond motifs is 1. The standard InChI is InChI=1S/C32H36FN3O2.H2/c33-26-7-12-29-30(22-38-31(29)21-26)24-14-19-35(20-15-24)18-13-23-3-8-27(9-4-23)34-32(37)25-5-10-28(11-6-25)36-16-1-2-17-36;/h1-2,5-7,10-12,16-17,21-24,27H,3-4,8-9,13-15,18-20H2,(H,34,37);1H. The van der Waals surface area contributed by atoms with Gasteiger partial charge in [-0.25, -0.2) is 4.39 Å². The maximum atomic E-state index is 13.5. The maximum absolute atomic E-state index is 13.5. The minimum Gasteiger partial charge on any atom is -0.464 e. The topological polar surface area (TPSA) is 50.4 Å². The van der Waals surface area contributed by atoms with Gasteiger partial charge < -0.3 is 19.2 Å². The van der Waals surface area contributed by atoms with Crippen molar-refractivity contribution in [3.05, 3.63) is 90.2 Å². The van der Waals surface area contributed by atoms with Gasteiger partial charge in [0.05, 0.1) is 6.26 Å². The number of halogens is 1. The van der Waals surface area contributed by atoms with Crippen LogP contribution in [0.25, 0.3) is 16.7 Å². The molecule has 2 aromatic carbocycles. The molecular weight excluding hydrogens is 477 g/mol. The third-order valence-corrected chi connectivity index (χ3v) is 8.66. The number of hydrogen-bond acceptors (Lipinski definition) is 3. The fourth-order valence-electron chi connectivity index (χ4n) is 6.33. The molecule has 6 heteroatoms. The minimum absolute atomic E-state index is 0. The zero-order chi connectivity index (χ0) is 25.9. The summed E-state index contributed by atoms with van der Waals surface area (Å²) in [6.45, 7) is 3.36. The molecule has 0 unspecified atom stereocenters. The molecule has 5 nitrogen and oxygen atoms in total. The largest absolute Gasteiger partial charge is 0.464 e. The van der Waals surface area contributed by atoms with Crippen LogP contribution >= 0.6 is 0 Å². The fourth-order valence-corrected chi connectivity index (χ4v) is 6.33. The number of furan rings is 1. The number of rotatable bonds is 7. The Hall–Kier alpha value is -3.38. The van der Waals surface area contributed by atoms with E-state index in [9.17, 15) is 9.18 Å². The zero-order valence-electron chi connectivity index (χ0n) is 21.8. The number of aromatic nitrogens is 1. The van der Waals surface area contributed by atoms with Gasteiger partial charge in [0, 0.05) is 48.1 Å². The van der Waals surface area contributed by atoms with E-state index >= 15 is 0 Å². The zero-order valence-corrected chi connectivity index (χ0v) is 21.8. The van der Waals surface area contributed by atoms with Crippen molar-refractivity contribution in [2.45, 2.75) is 56.9 Å². The molecular formula is C32H38FN3O2. The molecule has 6 rings (SSSR count). The lowest BCUT2D eigenvalue weighted by Crippen LogP contribution is -2.38. The Morgan fingerprint density at radius 2 is 1.71 bits per heavy atom. The molecule has 1 aliphatic heterocycles. The molecule has 2 fully saturated rings. The first kappa shape index (κ1) is 24.9. The number of carbonyl (C=O) groups excluding carboxylic acids is 1. The average Bonchev–Trinajstić information content (AvgIpc) is 3.64. The van der Waals surface area contributed by atoms with Crippen molar-refractivity contribution in [3.8, 4) is 5.69 Å². The molecule has 2 aliphatic rings. The van der Waals surface area contributed by atoms with Gasteiger partial charge in [0.25, 0.3) is 5.91 Å². The van der Waals surface area contributed by atoms with Crippen LogP contribution in [-0.4, -0.2) is 41.1 Å². The van der Waals surface area contributed by atoms with Crippen LogP contribution in [0.3, 0.4) is 0 Å². The van der Waals surface area contributed by atoms with E-state index in [-0.39, 0.29) is 19.2 Å². The minimum atomic E-state index is -0.247. The van der Waals surface area contributed by atoms with Crippen LogP contribution in [0.4, 0.5) is 4.39 Å². The van der Waals surface area contributed by atoms with Crippen LogP contribution in [0, 0.1) is 11.7 Å². The molecule has 0 atom stereocenters. The van der Waals surface area contributed by atoms with Crippen molar-refractivity contribution in [2.75, 3.05) is 19.6 Å². The van der Waals surface area contributed by atoms with Crippen LogP contribution in [-0.2, 0) is 0 Å². The van der Waals surface area contributed by atoms with Crippen LogP contribution in [0.5, 0.6) is 0 Å². The van der Waals surface area contributed by atoms with Gasteiger partial charge >= 0.3 is 0 Å². The molecule has 0 radical (unpaired) electrons. The highest BCUT2D eigenvalue weighted by Gasteiger charge is 2.26. The summed E-state index contributed by atoms with van der Waals surface area (Å²) in [6.07, 6.45) is 13.8. The first-order valence-corrected chi connectivity index (χ1v) is 14.1. The normalized spacial score (nSPS) is 21.1. The second-order valence-electron chi connectivity index (χ2n) is 11.1. The molecule has 38 heavy (non-hydrogen) atoms. The predicted octanol–water partition coefficient (Wildman–Crippen LogP) is 7.17. The lowest BCUT2D eigenvalue weighted by Gasteiger charge is -2.34. The number of benzene rings is 2. The summed E-state index contributed by atoms with van der Waals surface area (Å²) in [4.78, 5) is 15.4. The maximum Gasteiger partial charge on any atom is 0.251 e. The Morgan fingerprint density at radius 1 is 0.974 bits per heavy atom. The molecule has 1 aliphatic carbocycles. The van der Waals surface area contributed by atoms with Crippen molar-refractivity contribution >= 4 is 16.9 Å². The third kappa shape index (κ3) is 5.56. The average molecular weight is 516 g/mol. The van der Waals surface area contributed by atoms with Gasteiger partial charge in [-0.05, 0) is 125 Å². The summed E-state index contributed by atoms with van der Waals surface area (Å²) in [6, 6.07) is 16.9. The highest BCUT2D eigenvalue weighted by molar-refractivity contribution is 5.94. The summed E-state index contributed by atoms with van der Waals surface area (Å²) in [5.41, 5.74) is 3.67. The van der Waals surface area contributed by atoms with Crippen LogP contribution in [0.1, 0.15) is 68.2 Å². The fraction of sp³-hybridized carbons (Fsp3) is 0.406. The van der Waals surface area contributed by atoms with Crippen molar-refractivity contribution < 1.29 is 15.0 Å². The second-order valence-corrected chi connectivity index (χ2v) is 11.1. The summed E-state index contributed by atoms with van der Waals surface area (Å²) < 4.78 is 21.2. The molecule has 1 saturated carbocycles. The predicted molar refractivity (Wildman–Crippen MR) is 150 cm³/mol. The summed E-state index contributed by atoms with van der Waals surface area (Å²) >= 11 is 0. The van der Waals surface area contributed by atoms with Crippen LogP contribution in [0.2, 0.25) is 0 Å². The van der Waals surface area contributed by atoms with Crippen LogP contribution in [0.15, 0.2) is 77.7 Å². The van der Waals surface area contributed by atoms with Crippen LogP contribution < -0.4 is 5.32 Å². The number of carbonyl (C=O) groups is 1. The Bertz CT molecular complexity index is 1350. The Kier molecular flexibility index (Phi) is 7.32. The van der Waals surface area contributed by atoms with Crippen molar-refractivity contribution in [1.29, 1.82) is 0 Å². The van der Waals surface area contributed by atoms with E-state index in [1.54, 1.807) is 0 Å². The first-order valence-electron chi connectivity index (χ1n) is 14.1. The number of piperidine rings is 1. The van der Waals surface area contributed by atoms with E-state index in [0.29, 0.717) is 11.5 Å². The van der Waals surface area contributed by atoms with E-state index in [2.05, 4.69) is 10.2 Å². The molecule has 3 heterocycles. The van der Waals surface area contributed by atoms with Gasteiger partial charge in [-0.15, -0.1) is 0 Å². The van der Waals surface area contributed by atoms with E-state index in [1.807, 2.05) is 65.7 Å². The van der Waals surface area contributed by atoms with Crippen molar-refractivity contribution in [1.82, 2.24) is 14.8 Å². The van der Waals surface area contributed by atoms with Gasteiger partial charge in [0.1, 0.15) is 11.4 Å². The summed E-state index contributed by atoms with van der Waals surface area (Å²) in [5.74, 6) is 1.02. The molecule has 200 valence electrons. The lowest BCUT2D eigenvalue weighted by molar-refractivity contribution is 0.0919. The SMILES string of the molecule is O=C(NC1CCC(CCN2CCC(c3coc4cc(F)ccc34)CC2)CC1)c1ccc(-n2cccc2)cc1.[HH]. The number of nitrogens with zero attached hydrogens (tertiary/aromatic N) is 2. The van der Waals surface area contributed by atoms with Gasteiger partial charge in [-0.3, -0.25) is 4.79 Å².